The molecule has 0 aromatic carbocycles. The maximum absolute atomic E-state index is 11.1. The smallest absolute Gasteiger partial charge is 0.251 e. The first kappa shape index (κ1) is 10.9. The summed E-state index contributed by atoms with van der Waals surface area (Å²) in [6.07, 6.45) is 5.93. The van der Waals surface area contributed by atoms with Gasteiger partial charge in [0.2, 0.25) is 0 Å². The van der Waals surface area contributed by atoms with Gasteiger partial charge in [-0.25, -0.2) is 4.98 Å². The maximum Gasteiger partial charge on any atom is 0.251 e. The molecule has 0 atom stereocenters. The molecule has 0 aliphatic carbocycles. The Balaban J connectivity index is 3.07. The fourth-order valence-electron chi connectivity index (χ4n) is 1.07. The molecule has 2 N–H and O–H groups in total. The Labute approximate surface area is 91.2 Å². The number of hydrogen-bond acceptors (Lipinski definition) is 2. The second-order valence-corrected chi connectivity index (χ2v) is 3.41. The van der Waals surface area contributed by atoms with E-state index in [9.17, 15) is 4.79 Å². The number of carbonyl (C=O) groups is 1. The summed E-state index contributed by atoms with van der Waals surface area (Å²) in [6, 6.07) is 1.74. The second-order valence-electron chi connectivity index (χ2n) is 2.66. The van der Waals surface area contributed by atoms with Crippen molar-refractivity contribution in [3.63, 3.8) is 0 Å². The van der Waals surface area contributed by atoms with Crippen LogP contribution in [0.3, 0.4) is 0 Å². The molecule has 1 aromatic rings. The minimum Gasteiger partial charge on any atom is -0.366 e. The Hall–Kier alpha value is -1.16. The van der Waals surface area contributed by atoms with Gasteiger partial charge in [-0.3, -0.25) is 4.79 Å². The van der Waals surface area contributed by atoms with E-state index in [1.165, 1.54) is 0 Å². The summed E-state index contributed by atoms with van der Waals surface area (Å²) in [6.45, 7) is 3.60. The molecule has 0 aliphatic heterocycles. The van der Waals surface area contributed by atoms with Crippen LogP contribution < -0.4 is 5.73 Å². The van der Waals surface area contributed by atoms with Crippen molar-refractivity contribution in [2.45, 2.75) is 6.42 Å². The number of nitrogens with zero attached hydrogens (tertiary/aromatic N) is 1. The molecule has 4 heteroatoms. The van der Waals surface area contributed by atoms with E-state index >= 15 is 0 Å². The van der Waals surface area contributed by atoms with E-state index in [2.05, 4.69) is 27.5 Å². The van der Waals surface area contributed by atoms with Gasteiger partial charge in [0.1, 0.15) is 4.60 Å². The fraction of sp³-hybridized carbons (Fsp3) is 0.100. The highest BCUT2D eigenvalue weighted by atomic mass is 79.9. The van der Waals surface area contributed by atoms with Gasteiger partial charge in [-0.2, -0.15) is 0 Å². The monoisotopic (exact) mass is 253 g/mol. The summed E-state index contributed by atoms with van der Waals surface area (Å²) in [4.78, 5) is 15.1. The molecule has 1 amide bonds. The number of carbonyl (C=O) groups excluding carboxylic acids is 1. The van der Waals surface area contributed by atoms with Crippen LogP contribution in [0, 0.1) is 6.42 Å². The van der Waals surface area contributed by atoms with Gasteiger partial charge in [-0.1, -0.05) is 6.08 Å². The molecule has 73 valence electrons. The first-order valence-corrected chi connectivity index (χ1v) is 4.84. The van der Waals surface area contributed by atoms with Crippen molar-refractivity contribution in [2.24, 2.45) is 5.73 Å². The minimum atomic E-state index is -0.486. The second kappa shape index (κ2) is 4.91. The van der Waals surface area contributed by atoms with Crippen LogP contribution in [0.1, 0.15) is 22.3 Å². The van der Waals surface area contributed by atoms with Crippen LogP contribution in [0.4, 0.5) is 0 Å². The first-order chi connectivity index (χ1) is 6.66. The van der Waals surface area contributed by atoms with E-state index in [1.807, 2.05) is 6.42 Å². The van der Waals surface area contributed by atoms with E-state index < -0.39 is 5.91 Å². The predicted octanol–water partition coefficient (Wildman–Crippen LogP) is 2.07. The van der Waals surface area contributed by atoms with Crippen molar-refractivity contribution in [1.82, 2.24) is 4.98 Å². The third-order valence-electron chi connectivity index (χ3n) is 1.69. The average Bonchev–Trinajstić information content (AvgIpc) is 2.14. The largest absolute Gasteiger partial charge is 0.366 e. The molecular formula is C10H10BrN2O. The number of amides is 1. The van der Waals surface area contributed by atoms with Crippen molar-refractivity contribution in [3.8, 4) is 0 Å². The molecule has 1 heterocycles. The van der Waals surface area contributed by atoms with Gasteiger partial charge in [0.05, 0.1) is 5.56 Å². The molecular weight excluding hydrogens is 244 g/mol. The normalized spacial score (nSPS) is 9.79. The lowest BCUT2D eigenvalue weighted by Crippen LogP contribution is -2.14. The molecule has 0 fully saturated rings. The van der Waals surface area contributed by atoms with Crippen LogP contribution in [-0.4, -0.2) is 10.9 Å². The SMILES string of the molecule is C=CC[CH]c1ccnc(Br)c1C(N)=O. The summed E-state index contributed by atoms with van der Waals surface area (Å²) in [7, 11) is 0. The van der Waals surface area contributed by atoms with Crippen molar-refractivity contribution in [2.75, 3.05) is 0 Å². The Morgan fingerprint density at radius 3 is 3.00 bits per heavy atom. The third kappa shape index (κ3) is 2.42. The van der Waals surface area contributed by atoms with Gasteiger partial charge in [0, 0.05) is 6.20 Å². The molecule has 1 aromatic heterocycles. The summed E-state index contributed by atoms with van der Waals surface area (Å²) in [5, 5.41) is 0. The quantitative estimate of drug-likeness (QED) is 0.660. The van der Waals surface area contributed by atoms with E-state index in [1.54, 1.807) is 18.3 Å². The molecule has 0 aliphatic rings. The third-order valence-corrected chi connectivity index (χ3v) is 2.29. The highest BCUT2D eigenvalue weighted by Crippen LogP contribution is 2.19. The fourth-order valence-corrected chi connectivity index (χ4v) is 1.62. The van der Waals surface area contributed by atoms with Crippen LogP contribution in [0.5, 0.6) is 0 Å². The van der Waals surface area contributed by atoms with Gasteiger partial charge >= 0.3 is 0 Å². The predicted molar refractivity (Wildman–Crippen MR) is 58.7 cm³/mol. The standard InChI is InChI=1S/C10H10BrN2O/c1-2-3-4-7-5-6-13-9(11)8(7)10(12)14/h2,4-6H,1,3H2,(H2,12,14). The molecule has 0 saturated carbocycles. The molecule has 1 rings (SSSR count). The topological polar surface area (TPSA) is 56.0 Å². The number of pyridine rings is 1. The highest BCUT2D eigenvalue weighted by molar-refractivity contribution is 9.10. The van der Waals surface area contributed by atoms with Gasteiger partial charge in [0.25, 0.3) is 5.91 Å². The minimum absolute atomic E-state index is 0.411. The van der Waals surface area contributed by atoms with E-state index in [0.29, 0.717) is 16.6 Å². The summed E-state index contributed by atoms with van der Waals surface area (Å²) in [5.41, 5.74) is 6.42. The first-order valence-electron chi connectivity index (χ1n) is 4.05. The number of nitrogens with two attached hydrogens (primary N) is 1. The maximum atomic E-state index is 11.1. The van der Waals surface area contributed by atoms with Crippen LogP contribution in [0.15, 0.2) is 29.5 Å². The van der Waals surface area contributed by atoms with Crippen molar-refractivity contribution in [3.05, 3.63) is 47.1 Å². The number of hydrogen-bond donors (Lipinski definition) is 1. The highest BCUT2D eigenvalue weighted by Gasteiger charge is 2.12. The molecule has 3 nitrogen and oxygen atoms in total. The number of rotatable bonds is 4. The number of allylic oxidation sites excluding steroid dienone is 1. The van der Waals surface area contributed by atoms with Crippen LogP contribution in [0.2, 0.25) is 0 Å². The molecule has 0 saturated heterocycles. The summed E-state index contributed by atoms with van der Waals surface area (Å²) >= 11 is 3.18. The van der Waals surface area contributed by atoms with Gasteiger partial charge < -0.3 is 5.73 Å². The number of halogens is 1. The molecule has 0 spiro atoms. The lowest BCUT2D eigenvalue weighted by atomic mass is 10.1. The van der Waals surface area contributed by atoms with E-state index in [4.69, 9.17) is 5.73 Å². The van der Waals surface area contributed by atoms with E-state index in [0.717, 1.165) is 5.56 Å². The van der Waals surface area contributed by atoms with Crippen molar-refractivity contribution >= 4 is 21.8 Å². The van der Waals surface area contributed by atoms with Crippen molar-refractivity contribution < 1.29 is 4.79 Å². The lowest BCUT2D eigenvalue weighted by molar-refractivity contribution is 0.0998. The van der Waals surface area contributed by atoms with Crippen molar-refractivity contribution in [1.29, 1.82) is 0 Å². The van der Waals surface area contributed by atoms with Gasteiger partial charge in [-0.15, -0.1) is 6.58 Å². The number of aromatic nitrogens is 1. The molecule has 14 heavy (non-hydrogen) atoms. The average molecular weight is 254 g/mol. The number of primary amides is 1. The summed E-state index contributed by atoms with van der Waals surface area (Å²) < 4.78 is 0.475. The zero-order chi connectivity index (χ0) is 10.6. The zero-order valence-electron chi connectivity index (χ0n) is 7.53. The summed E-state index contributed by atoms with van der Waals surface area (Å²) in [5.74, 6) is -0.486. The Morgan fingerprint density at radius 1 is 1.71 bits per heavy atom. The molecule has 0 unspecified atom stereocenters. The molecule has 0 bridgehead atoms. The Kier molecular flexibility index (Phi) is 3.83. The van der Waals surface area contributed by atoms with Crippen LogP contribution >= 0.6 is 15.9 Å². The Bertz CT molecular complexity index is 363. The Morgan fingerprint density at radius 2 is 2.43 bits per heavy atom. The van der Waals surface area contributed by atoms with Gasteiger partial charge in [-0.05, 0) is 40.4 Å². The molecule has 1 radical (unpaired) electrons. The lowest BCUT2D eigenvalue weighted by Gasteiger charge is -2.05. The van der Waals surface area contributed by atoms with Crippen LogP contribution in [-0.2, 0) is 0 Å². The van der Waals surface area contributed by atoms with Crippen LogP contribution in [0.25, 0.3) is 0 Å². The van der Waals surface area contributed by atoms with E-state index in [-0.39, 0.29) is 0 Å². The zero-order valence-corrected chi connectivity index (χ0v) is 9.12. The van der Waals surface area contributed by atoms with Gasteiger partial charge in [0.15, 0.2) is 0 Å².